The quantitative estimate of drug-likeness (QED) is 0.775. The molecule has 4 nitrogen and oxygen atoms in total. The molecule has 2 fully saturated rings. The SMILES string of the molecule is NC1CCCCC1C(=O)NCC1CCCOC1. The number of carbonyl (C=O) groups excluding carboxylic acids is 1. The van der Waals surface area contributed by atoms with E-state index in [1.807, 2.05) is 0 Å². The fourth-order valence-corrected chi connectivity index (χ4v) is 2.83. The van der Waals surface area contributed by atoms with Crippen LogP contribution in [0, 0.1) is 11.8 Å². The minimum Gasteiger partial charge on any atom is -0.381 e. The van der Waals surface area contributed by atoms with Crippen LogP contribution in [0.1, 0.15) is 38.5 Å². The first kappa shape index (κ1) is 12.8. The molecule has 3 N–H and O–H groups in total. The predicted molar refractivity (Wildman–Crippen MR) is 66.5 cm³/mol. The van der Waals surface area contributed by atoms with Gasteiger partial charge < -0.3 is 15.8 Å². The summed E-state index contributed by atoms with van der Waals surface area (Å²) in [6.45, 7) is 2.41. The summed E-state index contributed by atoms with van der Waals surface area (Å²) >= 11 is 0. The number of ether oxygens (including phenoxy) is 1. The van der Waals surface area contributed by atoms with Gasteiger partial charge in [0.25, 0.3) is 0 Å². The van der Waals surface area contributed by atoms with Crippen LogP contribution >= 0.6 is 0 Å². The normalized spacial score (nSPS) is 34.3. The minimum atomic E-state index is 0.0354. The third-order valence-corrected chi connectivity index (χ3v) is 3.98. The zero-order valence-corrected chi connectivity index (χ0v) is 10.5. The molecular weight excluding hydrogens is 216 g/mol. The Hall–Kier alpha value is -0.610. The van der Waals surface area contributed by atoms with Gasteiger partial charge in [-0.3, -0.25) is 4.79 Å². The van der Waals surface area contributed by atoms with E-state index in [0.717, 1.165) is 51.9 Å². The van der Waals surface area contributed by atoms with E-state index in [1.165, 1.54) is 6.42 Å². The van der Waals surface area contributed by atoms with Crippen LogP contribution in [0.4, 0.5) is 0 Å². The van der Waals surface area contributed by atoms with Crippen LogP contribution in [0.15, 0.2) is 0 Å². The summed E-state index contributed by atoms with van der Waals surface area (Å²) in [6, 6.07) is 0.0614. The molecule has 4 heteroatoms. The van der Waals surface area contributed by atoms with Crippen molar-refractivity contribution in [3.63, 3.8) is 0 Å². The first-order valence-electron chi connectivity index (χ1n) is 6.88. The second kappa shape index (κ2) is 6.36. The third-order valence-electron chi connectivity index (χ3n) is 3.98. The summed E-state index contributed by atoms with van der Waals surface area (Å²) in [7, 11) is 0. The average Bonchev–Trinajstić information content (AvgIpc) is 2.38. The second-order valence-electron chi connectivity index (χ2n) is 5.38. The highest BCUT2D eigenvalue weighted by Crippen LogP contribution is 2.23. The van der Waals surface area contributed by atoms with Crippen molar-refractivity contribution in [2.24, 2.45) is 17.6 Å². The predicted octanol–water partition coefficient (Wildman–Crippen LogP) is 1.05. The molecule has 0 bridgehead atoms. The number of nitrogens with two attached hydrogens (primary N) is 1. The Morgan fingerprint density at radius 1 is 1.24 bits per heavy atom. The maximum atomic E-state index is 12.0. The second-order valence-corrected chi connectivity index (χ2v) is 5.38. The number of hydrogen-bond acceptors (Lipinski definition) is 3. The van der Waals surface area contributed by atoms with Gasteiger partial charge in [0.1, 0.15) is 0 Å². The lowest BCUT2D eigenvalue weighted by atomic mass is 9.84. The Morgan fingerprint density at radius 2 is 2.06 bits per heavy atom. The van der Waals surface area contributed by atoms with Crippen molar-refractivity contribution >= 4 is 5.91 Å². The van der Waals surface area contributed by atoms with E-state index in [2.05, 4.69) is 5.32 Å². The summed E-state index contributed by atoms with van der Waals surface area (Å²) in [6.07, 6.45) is 6.53. The summed E-state index contributed by atoms with van der Waals surface area (Å²) in [4.78, 5) is 12.0. The van der Waals surface area contributed by atoms with Crippen LogP contribution in [0.5, 0.6) is 0 Å². The molecule has 2 rings (SSSR count). The Kier molecular flexibility index (Phi) is 4.80. The van der Waals surface area contributed by atoms with Crippen LogP contribution in [0.3, 0.4) is 0 Å². The zero-order chi connectivity index (χ0) is 12.1. The molecule has 1 aliphatic carbocycles. The van der Waals surface area contributed by atoms with Gasteiger partial charge >= 0.3 is 0 Å². The molecule has 1 saturated heterocycles. The zero-order valence-electron chi connectivity index (χ0n) is 10.5. The Labute approximate surface area is 103 Å². The number of carbonyl (C=O) groups is 1. The van der Waals surface area contributed by atoms with E-state index in [1.54, 1.807) is 0 Å². The minimum absolute atomic E-state index is 0.0354. The Morgan fingerprint density at radius 3 is 2.76 bits per heavy atom. The van der Waals surface area contributed by atoms with Crippen molar-refractivity contribution in [2.45, 2.75) is 44.6 Å². The lowest BCUT2D eigenvalue weighted by Crippen LogP contribution is -2.45. The van der Waals surface area contributed by atoms with E-state index in [0.29, 0.717) is 5.92 Å². The molecule has 17 heavy (non-hydrogen) atoms. The Bertz CT molecular complexity index is 252. The molecule has 1 amide bonds. The lowest BCUT2D eigenvalue weighted by Gasteiger charge is -2.29. The molecular formula is C13H24N2O2. The maximum Gasteiger partial charge on any atom is 0.224 e. The van der Waals surface area contributed by atoms with Gasteiger partial charge in [-0.15, -0.1) is 0 Å². The van der Waals surface area contributed by atoms with Crippen molar-refractivity contribution in [3.05, 3.63) is 0 Å². The summed E-state index contributed by atoms with van der Waals surface area (Å²) in [5, 5.41) is 3.05. The number of nitrogens with one attached hydrogen (secondary N) is 1. The van der Waals surface area contributed by atoms with Gasteiger partial charge in [0.05, 0.1) is 12.5 Å². The topological polar surface area (TPSA) is 64.4 Å². The summed E-state index contributed by atoms with van der Waals surface area (Å²) < 4.78 is 5.40. The van der Waals surface area contributed by atoms with Crippen molar-refractivity contribution in [2.75, 3.05) is 19.8 Å². The van der Waals surface area contributed by atoms with Crippen LogP contribution in [0.25, 0.3) is 0 Å². The molecule has 3 atom stereocenters. The number of amides is 1. The molecule has 98 valence electrons. The molecule has 1 heterocycles. The van der Waals surface area contributed by atoms with E-state index in [-0.39, 0.29) is 17.9 Å². The smallest absolute Gasteiger partial charge is 0.224 e. The van der Waals surface area contributed by atoms with Gasteiger partial charge in [0.2, 0.25) is 5.91 Å². The molecule has 0 aromatic rings. The maximum absolute atomic E-state index is 12.0. The first-order chi connectivity index (χ1) is 8.27. The number of rotatable bonds is 3. The van der Waals surface area contributed by atoms with Gasteiger partial charge in [0.15, 0.2) is 0 Å². The van der Waals surface area contributed by atoms with Gasteiger partial charge in [-0.1, -0.05) is 12.8 Å². The van der Waals surface area contributed by atoms with Gasteiger partial charge in [-0.05, 0) is 31.6 Å². The molecule has 0 aromatic carbocycles. The molecule has 1 aliphatic heterocycles. The standard InChI is InChI=1S/C13H24N2O2/c14-12-6-2-1-5-11(12)13(16)15-8-10-4-3-7-17-9-10/h10-12H,1-9,14H2,(H,15,16). The van der Waals surface area contributed by atoms with Crippen molar-refractivity contribution in [1.82, 2.24) is 5.32 Å². The van der Waals surface area contributed by atoms with E-state index >= 15 is 0 Å². The van der Waals surface area contributed by atoms with Gasteiger partial charge in [0, 0.05) is 19.2 Å². The summed E-state index contributed by atoms with van der Waals surface area (Å²) in [5.74, 6) is 0.684. The van der Waals surface area contributed by atoms with Crippen LogP contribution in [-0.4, -0.2) is 31.7 Å². The van der Waals surface area contributed by atoms with E-state index < -0.39 is 0 Å². The molecule has 1 saturated carbocycles. The van der Waals surface area contributed by atoms with Gasteiger partial charge in [-0.2, -0.15) is 0 Å². The van der Waals surface area contributed by atoms with E-state index in [9.17, 15) is 4.79 Å². The molecule has 2 aliphatic rings. The highest BCUT2D eigenvalue weighted by atomic mass is 16.5. The van der Waals surface area contributed by atoms with Crippen molar-refractivity contribution in [1.29, 1.82) is 0 Å². The van der Waals surface area contributed by atoms with Crippen molar-refractivity contribution in [3.8, 4) is 0 Å². The first-order valence-corrected chi connectivity index (χ1v) is 6.88. The van der Waals surface area contributed by atoms with Crippen LogP contribution in [-0.2, 0) is 9.53 Å². The van der Waals surface area contributed by atoms with Crippen LogP contribution in [0.2, 0.25) is 0 Å². The van der Waals surface area contributed by atoms with Gasteiger partial charge in [-0.25, -0.2) is 0 Å². The Balaban J connectivity index is 1.72. The fourth-order valence-electron chi connectivity index (χ4n) is 2.83. The highest BCUT2D eigenvalue weighted by Gasteiger charge is 2.28. The lowest BCUT2D eigenvalue weighted by molar-refractivity contribution is -0.126. The van der Waals surface area contributed by atoms with Crippen LogP contribution < -0.4 is 11.1 Å². The monoisotopic (exact) mass is 240 g/mol. The largest absolute Gasteiger partial charge is 0.381 e. The highest BCUT2D eigenvalue weighted by molar-refractivity contribution is 5.79. The van der Waals surface area contributed by atoms with Crippen molar-refractivity contribution < 1.29 is 9.53 Å². The van der Waals surface area contributed by atoms with E-state index in [4.69, 9.17) is 10.5 Å². The summed E-state index contributed by atoms with van der Waals surface area (Å²) in [5.41, 5.74) is 6.00. The average molecular weight is 240 g/mol. The fraction of sp³-hybridized carbons (Fsp3) is 0.923. The third kappa shape index (κ3) is 3.68. The molecule has 3 unspecified atom stereocenters. The molecule has 0 spiro atoms. The number of hydrogen-bond donors (Lipinski definition) is 2. The molecule has 0 aromatic heterocycles. The molecule has 0 radical (unpaired) electrons.